The molecule has 1 unspecified atom stereocenters. The van der Waals surface area contributed by atoms with E-state index >= 15 is 0 Å². The van der Waals surface area contributed by atoms with E-state index in [9.17, 15) is 18.0 Å². The summed E-state index contributed by atoms with van der Waals surface area (Å²) in [6.45, 7) is 0.00531. The Kier molecular flexibility index (Phi) is 6.47. The molecule has 0 saturated heterocycles. The maximum absolute atomic E-state index is 11.9. The molecule has 0 aliphatic rings. The topological polar surface area (TPSA) is 64.3 Å². The van der Waals surface area contributed by atoms with E-state index in [0.29, 0.717) is 12.2 Å². The first-order valence-electron chi connectivity index (χ1n) is 6.17. The van der Waals surface area contributed by atoms with Crippen LogP contribution < -0.4 is 15.8 Å². The summed E-state index contributed by atoms with van der Waals surface area (Å²) in [5, 5.41) is 1.73. The number of carbonyl (C=O) groups is 1. The predicted octanol–water partition coefficient (Wildman–Crippen LogP) is 2.40. The Bertz CT molecular complexity index is 493. The predicted molar refractivity (Wildman–Crippen MR) is 76.1 cm³/mol. The van der Waals surface area contributed by atoms with Crippen molar-refractivity contribution in [3.05, 3.63) is 28.2 Å². The molecule has 4 nitrogen and oxygen atoms in total. The van der Waals surface area contributed by atoms with Crippen LogP contribution in [-0.2, 0) is 11.2 Å². The summed E-state index contributed by atoms with van der Waals surface area (Å²) in [5.74, 6) is -0.431. The van der Waals surface area contributed by atoms with E-state index < -0.39 is 25.2 Å². The zero-order chi connectivity index (χ0) is 16.0. The summed E-state index contributed by atoms with van der Waals surface area (Å²) in [4.78, 5) is 11.2. The second-order valence-electron chi connectivity index (χ2n) is 4.62. The van der Waals surface area contributed by atoms with Crippen LogP contribution in [0, 0.1) is 0 Å². The molecular weight excluding hydrogens is 353 g/mol. The standard InChI is InChI=1S/C13H16BrF3N2O2/c1-8(18)4-9-5-10(2-3-11(9)14)21-6-12(20)19-7-13(15,16)17/h2-3,5,8H,4,6-7,18H2,1H3,(H,19,20). The monoisotopic (exact) mass is 368 g/mol. The van der Waals surface area contributed by atoms with Gasteiger partial charge in [-0.3, -0.25) is 4.79 Å². The van der Waals surface area contributed by atoms with E-state index in [1.54, 1.807) is 23.5 Å². The highest BCUT2D eigenvalue weighted by atomic mass is 79.9. The molecule has 0 aliphatic heterocycles. The normalized spacial score (nSPS) is 12.9. The van der Waals surface area contributed by atoms with Crippen molar-refractivity contribution in [3.63, 3.8) is 0 Å². The molecule has 1 amide bonds. The molecule has 0 fully saturated rings. The fraction of sp³-hybridized carbons (Fsp3) is 0.462. The van der Waals surface area contributed by atoms with Crippen LogP contribution in [0.1, 0.15) is 12.5 Å². The number of hydrogen-bond donors (Lipinski definition) is 2. The first-order valence-corrected chi connectivity index (χ1v) is 6.97. The lowest BCUT2D eigenvalue weighted by Crippen LogP contribution is -2.36. The number of halogens is 4. The number of amides is 1. The Morgan fingerprint density at radius 2 is 2.14 bits per heavy atom. The molecule has 3 N–H and O–H groups in total. The zero-order valence-electron chi connectivity index (χ0n) is 11.3. The van der Waals surface area contributed by atoms with Gasteiger partial charge in [0.1, 0.15) is 12.3 Å². The first kappa shape index (κ1) is 17.8. The molecule has 0 bridgehead atoms. The Hall–Kier alpha value is -1.28. The third-order valence-corrected chi connectivity index (χ3v) is 3.19. The minimum Gasteiger partial charge on any atom is -0.484 e. The van der Waals surface area contributed by atoms with Gasteiger partial charge in [-0.2, -0.15) is 13.2 Å². The molecule has 21 heavy (non-hydrogen) atoms. The van der Waals surface area contributed by atoms with Gasteiger partial charge in [-0.1, -0.05) is 15.9 Å². The lowest BCUT2D eigenvalue weighted by Gasteiger charge is -2.12. The number of nitrogens with two attached hydrogens (primary N) is 1. The quantitative estimate of drug-likeness (QED) is 0.810. The Morgan fingerprint density at radius 3 is 2.71 bits per heavy atom. The van der Waals surface area contributed by atoms with Gasteiger partial charge in [0, 0.05) is 10.5 Å². The van der Waals surface area contributed by atoms with Gasteiger partial charge in [0.2, 0.25) is 0 Å². The van der Waals surface area contributed by atoms with Gasteiger partial charge >= 0.3 is 6.18 Å². The second kappa shape index (κ2) is 7.65. The van der Waals surface area contributed by atoms with Gasteiger partial charge in [-0.15, -0.1) is 0 Å². The number of benzene rings is 1. The van der Waals surface area contributed by atoms with Crippen LogP contribution in [0.2, 0.25) is 0 Å². The van der Waals surface area contributed by atoms with Crippen LogP contribution in [0.3, 0.4) is 0 Å². The van der Waals surface area contributed by atoms with Crippen LogP contribution in [0.25, 0.3) is 0 Å². The van der Waals surface area contributed by atoms with Crippen molar-refractivity contribution < 1.29 is 22.7 Å². The molecule has 0 heterocycles. The summed E-state index contributed by atoms with van der Waals surface area (Å²) >= 11 is 3.37. The number of rotatable bonds is 6. The smallest absolute Gasteiger partial charge is 0.405 e. The van der Waals surface area contributed by atoms with E-state index in [-0.39, 0.29) is 6.04 Å². The Balaban J connectivity index is 2.53. The maximum atomic E-state index is 11.9. The van der Waals surface area contributed by atoms with E-state index in [1.165, 1.54) is 0 Å². The average Bonchev–Trinajstić information content (AvgIpc) is 2.36. The molecule has 118 valence electrons. The molecule has 0 saturated carbocycles. The van der Waals surface area contributed by atoms with E-state index in [2.05, 4.69) is 15.9 Å². The SMILES string of the molecule is CC(N)Cc1cc(OCC(=O)NCC(F)(F)F)ccc1Br. The van der Waals surface area contributed by atoms with Gasteiger partial charge in [0.05, 0.1) is 0 Å². The largest absolute Gasteiger partial charge is 0.484 e. The maximum Gasteiger partial charge on any atom is 0.405 e. The van der Waals surface area contributed by atoms with Crippen molar-refractivity contribution in [2.75, 3.05) is 13.2 Å². The highest BCUT2D eigenvalue weighted by molar-refractivity contribution is 9.10. The third-order valence-electron chi connectivity index (χ3n) is 2.42. The first-order chi connectivity index (χ1) is 9.67. The number of nitrogens with one attached hydrogen (secondary N) is 1. The average molecular weight is 369 g/mol. The van der Waals surface area contributed by atoms with Crippen LogP contribution in [-0.4, -0.2) is 31.3 Å². The molecule has 1 rings (SSSR count). The van der Waals surface area contributed by atoms with Crippen molar-refractivity contribution in [1.29, 1.82) is 0 Å². The molecule has 0 aromatic heterocycles. The third kappa shape index (κ3) is 7.33. The molecule has 0 aliphatic carbocycles. The minimum atomic E-state index is -4.43. The molecule has 8 heteroatoms. The lowest BCUT2D eigenvalue weighted by molar-refractivity contribution is -0.139. The molecular formula is C13H16BrF3N2O2. The van der Waals surface area contributed by atoms with Crippen LogP contribution in [0.5, 0.6) is 5.75 Å². The minimum absolute atomic E-state index is 0.0494. The molecule has 1 aromatic rings. The molecule has 0 radical (unpaired) electrons. The highest BCUT2D eigenvalue weighted by Crippen LogP contribution is 2.23. The number of carbonyl (C=O) groups excluding carboxylic acids is 1. The van der Waals surface area contributed by atoms with Crippen molar-refractivity contribution in [1.82, 2.24) is 5.32 Å². The molecule has 0 spiro atoms. The summed E-state index contributed by atoms with van der Waals surface area (Å²) < 4.78 is 41.8. The van der Waals surface area contributed by atoms with Gasteiger partial charge < -0.3 is 15.8 Å². The van der Waals surface area contributed by atoms with Gasteiger partial charge in [0.25, 0.3) is 5.91 Å². The van der Waals surface area contributed by atoms with Crippen LogP contribution in [0.15, 0.2) is 22.7 Å². The van der Waals surface area contributed by atoms with E-state index in [4.69, 9.17) is 10.5 Å². The number of ether oxygens (including phenoxy) is 1. The van der Waals surface area contributed by atoms with E-state index in [1.807, 2.05) is 6.92 Å². The number of alkyl halides is 3. The van der Waals surface area contributed by atoms with Crippen molar-refractivity contribution in [2.45, 2.75) is 25.6 Å². The van der Waals surface area contributed by atoms with Crippen LogP contribution >= 0.6 is 15.9 Å². The van der Waals surface area contributed by atoms with Crippen LogP contribution in [0.4, 0.5) is 13.2 Å². The van der Waals surface area contributed by atoms with Crippen molar-refractivity contribution in [3.8, 4) is 5.75 Å². The summed E-state index contributed by atoms with van der Waals surface area (Å²) in [7, 11) is 0. The Labute approximate surface area is 129 Å². The fourth-order valence-electron chi connectivity index (χ4n) is 1.54. The summed E-state index contributed by atoms with van der Waals surface area (Å²) in [6, 6.07) is 5.00. The zero-order valence-corrected chi connectivity index (χ0v) is 12.9. The van der Waals surface area contributed by atoms with Gasteiger partial charge in [-0.05, 0) is 37.1 Å². The summed E-state index contributed by atoms with van der Waals surface area (Å²) in [5.41, 5.74) is 6.61. The lowest BCUT2D eigenvalue weighted by atomic mass is 10.1. The molecule has 1 atom stereocenters. The Morgan fingerprint density at radius 1 is 1.48 bits per heavy atom. The van der Waals surface area contributed by atoms with Crippen molar-refractivity contribution >= 4 is 21.8 Å². The molecule has 1 aromatic carbocycles. The second-order valence-corrected chi connectivity index (χ2v) is 5.47. The van der Waals surface area contributed by atoms with Crippen molar-refractivity contribution in [2.24, 2.45) is 5.73 Å². The summed E-state index contributed by atoms with van der Waals surface area (Å²) in [6.07, 6.45) is -3.82. The fourth-order valence-corrected chi connectivity index (χ4v) is 1.95. The van der Waals surface area contributed by atoms with E-state index in [0.717, 1.165) is 10.0 Å². The van der Waals surface area contributed by atoms with Gasteiger partial charge in [-0.25, -0.2) is 0 Å². The number of hydrogen-bond acceptors (Lipinski definition) is 3. The van der Waals surface area contributed by atoms with Gasteiger partial charge in [0.15, 0.2) is 6.61 Å². The highest BCUT2D eigenvalue weighted by Gasteiger charge is 2.27.